The van der Waals surface area contributed by atoms with Gasteiger partial charge in [0.1, 0.15) is 5.54 Å². The first-order chi connectivity index (χ1) is 6.99. The Bertz CT molecular complexity index is 196. The number of primary amides is 1. The fourth-order valence-corrected chi connectivity index (χ4v) is 1.90. The summed E-state index contributed by atoms with van der Waals surface area (Å²) >= 11 is 0. The first-order valence-electron chi connectivity index (χ1n) is 5.65. The predicted molar refractivity (Wildman–Crippen MR) is 63.7 cm³/mol. The number of carbonyl (C=O) groups is 1. The zero-order valence-electron chi connectivity index (χ0n) is 10.7. The van der Waals surface area contributed by atoms with E-state index in [1.165, 1.54) is 0 Å². The highest BCUT2D eigenvalue weighted by atomic mass is 16.1. The number of hydrogen-bond donors (Lipinski definition) is 1. The van der Waals surface area contributed by atoms with Crippen LogP contribution >= 0.6 is 0 Å². The van der Waals surface area contributed by atoms with Crippen molar-refractivity contribution in [1.29, 1.82) is 0 Å². The molecular weight excluding hydrogens is 190 g/mol. The van der Waals surface area contributed by atoms with Crippen molar-refractivity contribution in [3.63, 3.8) is 0 Å². The quantitative estimate of drug-likeness (QED) is 0.731. The van der Waals surface area contributed by atoms with Crippen molar-refractivity contribution >= 4 is 5.91 Å². The molecule has 0 atom stereocenters. The third-order valence-electron chi connectivity index (χ3n) is 3.13. The summed E-state index contributed by atoms with van der Waals surface area (Å²) in [6, 6.07) is 0. The van der Waals surface area contributed by atoms with Crippen LogP contribution in [0.3, 0.4) is 0 Å². The number of nitrogens with two attached hydrogens (primary N) is 1. The van der Waals surface area contributed by atoms with Crippen LogP contribution in [0.25, 0.3) is 0 Å². The second-order valence-corrected chi connectivity index (χ2v) is 4.09. The lowest BCUT2D eigenvalue weighted by molar-refractivity contribution is -0.131. The molecule has 1 amide bonds. The molecule has 0 aromatic carbocycles. The van der Waals surface area contributed by atoms with Crippen LogP contribution in [0.1, 0.15) is 26.7 Å². The summed E-state index contributed by atoms with van der Waals surface area (Å²) in [5.74, 6) is -0.189. The van der Waals surface area contributed by atoms with Gasteiger partial charge in [-0.2, -0.15) is 0 Å². The minimum absolute atomic E-state index is 0.189. The predicted octanol–water partition coefficient (Wildman–Crippen LogP) is 0.524. The topological polar surface area (TPSA) is 49.6 Å². The van der Waals surface area contributed by atoms with E-state index in [1.807, 2.05) is 32.8 Å². The van der Waals surface area contributed by atoms with E-state index in [-0.39, 0.29) is 5.91 Å². The minimum atomic E-state index is -0.410. The smallest absolute Gasteiger partial charge is 0.238 e. The molecule has 1 aliphatic rings. The number of nitrogens with zero attached hydrogens (tertiary/aromatic N) is 2. The lowest BCUT2D eigenvalue weighted by atomic mass is 9.86. The molecule has 0 saturated carbocycles. The van der Waals surface area contributed by atoms with Crippen LogP contribution in [0.4, 0.5) is 0 Å². The highest BCUT2D eigenvalue weighted by Crippen LogP contribution is 2.25. The molecule has 0 bridgehead atoms. The summed E-state index contributed by atoms with van der Waals surface area (Å²) < 4.78 is 0. The Labute approximate surface area is 93.4 Å². The highest BCUT2D eigenvalue weighted by molar-refractivity contribution is 5.84. The van der Waals surface area contributed by atoms with Crippen molar-refractivity contribution in [2.24, 2.45) is 5.73 Å². The monoisotopic (exact) mass is 215 g/mol. The number of carbonyl (C=O) groups excluding carboxylic acids is 1. The summed E-state index contributed by atoms with van der Waals surface area (Å²) in [5.41, 5.74) is 5.04. The van der Waals surface area contributed by atoms with Crippen LogP contribution in [0.5, 0.6) is 0 Å². The molecule has 1 rings (SSSR count). The van der Waals surface area contributed by atoms with E-state index in [0.29, 0.717) is 0 Å². The van der Waals surface area contributed by atoms with Gasteiger partial charge in [0.05, 0.1) is 0 Å². The molecule has 2 N–H and O–H groups in total. The molecule has 0 aliphatic carbocycles. The Morgan fingerprint density at radius 3 is 1.93 bits per heavy atom. The normalized spacial score (nSPS) is 20.7. The highest BCUT2D eigenvalue weighted by Gasteiger charge is 2.40. The van der Waals surface area contributed by atoms with E-state index in [0.717, 1.165) is 25.9 Å². The average Bonchev–Trinajstić information content (AvgIpc) is 2.21. The number of hydrogen-bond acceptors (Lipinski definition) is 3. The maximum absolute atomic E-state index is 11.4. The van der Waals surface area contributed by atoms with Crippen LogP contribution in [-0.2, 0) is 4.79 Å². The summed E-state index contributed by atoms with van der Waals surface area (Å²) in [6.07, 6.45) is 1.68. The second kappa shape index (κ2) is 6.08. The summed E-state index contributed by atoms with van der Waals surface area (Å²) in [6.45, 7) is 5.89. The van der Waals surface area contributed by atoms with E-state index in [9.17, 15) is 4.79 Å². The Balaban J connectivity index is 0.000000921. The molecule has 0 aromatic heterocycles. The fourth-order valence-electron chi connectivity index (χ4n) is 1.90. The van der Waals surface area contributed by atoms with E-state index in [4.69, 9.17) is 5.73 Å². The van der Waals surface area contributed by atoms with Gasteiger partial charge in [-0.25, -0.2) is 0 Å². The summed E-state index contributed by atoms with van der Waals surface area (Å²) in [4.78, 5) is 15.6. The molecule has 0 spiro atoms. The molecule has 1 heterocycles. The van der Waals surface area contributed by atoms with Crippen LogP contribution < -0.4 is 5.73 Å². The SMILES string of the molecule is CC.CN1CCC(C(N)=O)(N(C)C)CC1. The standard InChI is InChI=1S/C9H19N3O.C2H6/c1-11(2)9(8(10)13)4-6-12(3)7-5-9;1-2/h4-7H2,1-3H3,(H2,10,13);1-2H3. The van der Waals surface area contributed by atoms with Crippen molar-refractivity contribution < 1.29 is 4.79 Å². The molecule has 1 saturated heterocycles. The van der Waals surface area contributed by atoms with Gasteiger partial charge < -0.3 is 10.6 Å². The number of rotatable bonds is 2. The van der Waals surface area contributed by atoms with Crippen molar-refractivity contribution in [3.05, 3.63) is 0 Å². The summed E-state index contributed by atoms with van der Waals surface area (Å²) in [7, 11) is 5.92. The van der Waals surface area contributed by atoms with Crippen LogP contribution in [0.2, 0.25) is 0 Å². The largest absolute Gasteiger partial charge is 0.368 e. The zero-order chi connectivity index (χ0) is 12.1. The van der Waals surface area contributed by atoms with Crippen LogP contribution in [0.15, 0.2) is 0 Å². The lowest BCUT2D eigenvalue weighted by Crippen LogP contribution is -2.59. The number of amides is 1. The van der Waals surface area contributed by atoms with Gasteiger partial charge in [-0.3, -0.25) is 9.69 Å². The number of piperidine rings is 1. The summed E-state index contributed by atoms with van der Waals surface area (Å²) in [5, 5.41) is 0. The number of likely N-dealkylation sites (N-methyl/N-ethyl adjacent to an activating group) is 1. The van der Waals surface area contributed by atoms with E-state index >= 15 is 0 Å². The van der Waals surface area contributed by atoms with E-state index in [1.54, 1.807) is 0 Å². The molecule has 0 aromatic rings. The third kappa shape index (κ3) is 3.18. The van der Waals surface area contributed by atoms with Gasteiger partial charge in [0.15, 0.2) is 0 Å². The molecule has 1 fully saturated rings. The van der Waals surface area contributed by atoms with E-state index in [2.05, 4.69) is 11.9 Å². The van der Waals surface area contributed by atoms with Crippen molar-refractivity contribution in [2.75, 3.05) is 34.2 Å². The Morgan fingerprint density at radius 1 is 1.27 bits per heavy atom. The average molecular weight is 215 g/mol. The fraction of sp³-hybridized carbons (Fsp3) is 0.909. The molecule has 4 nitrogen and oxygen atoms in total. The van der Waals surface area contributed by atoms with Gasteiger partial charge in [0, 0.05) is 13.1 Å². The van der Waals surface area contributed by atoms with Gasteiger partial charge in [0.25, 0.3) is 0 Å². The molecule has 0 unspecified atom stereocenters. The molecule has 0 radical (unpaired) electrons. The Hall–Kier alpha value is -0.610. The van der Waals surface area contributed by atoms with E-state index < -0.39 is 5.54 Å². The number of likely N-dealkylation sites (tertiary alicyclic amines) is 1. The second-order valence-electron chi connectivity index (χ2n) is 4.09. The van der Waals surface area contributed by atoms with Gasteiger partial charge >= 0.3 is 0 Å². The molecule has 15 heavy (non-hydrogen) atoms. The van der Waals surface area contributed by atoms with Gasteiger partial charge in [-0.15, -0.1) is 0 Å². The molecule has 90 valence electrons. The van der Waals surface area contributed by atoms with Gasteiger partial charge in [-0.05, 0) is 34.0 Å². The van der Waals surface area contributed by atoms with Crippen molar-refractivity contribution in [2.45, 2.75) is 32.2 Å². The van der Waals surface area contributed by atoms with Crippen LogP contribution in [-0.4, -0.2) is 55.5 Å². The zero-order valence-corrected chi connectivity index (χ0v) is 10.7. The van der Waals surface area contributed by atoms with Gasteiger partial charge in [0.2, 0.25) is 5.91 Å². The molecule has 1 aliphatic heterocycles. The molecule has 4 heteroatoms. The Morgan fingerprint density at radius 2 is 1.67 bits per heavy atom. The minimum Gasteiger partial charge on any atom is -0.368 e. The Kier molecular flexibility index (Phi) is 5.83. The van der Waals surface area contributed by atoms with Crippen molar-refractivity contribution in [3.8, 4) is 0 Å². The maximum atomic E-state index is 11.4. The van der Waals surface area contributed by atoms with Crippen molar-refractivity contribution in [1.82, 2.24) is 9.80 Å². The first-order valence-corrected chi connectivity index (χ1v) is 5.65. The molecular formula is C11H25N3O. The third-order valence-corrected chi connectivity index (χ3v) is 3.13. The first kappa shape index (κ1) is 14.4. The lowest BCUT2D eigenvalue weighted by Gasteiger charge is -2.42. The van der Waals surface area contributed by atoms with Gasteiger partial charge in [-0.1, -0.05) is 13.8 Å². The van der Waals surface area contributed by atoms with Crippen LogP contribution in [0, 0.1) is 0 Å². The maximum Gasteiger partial charge on any atom is 0.238 e.